The lowest BCUT2D eigenvalue weighted by Gasteiger charge is -2.06. The Bertz CT molecular complexity index is 459. The zero-order chi connectivity index (χ0) is 26.4. The van der Waals surface area contributed by atoms with Crippen LogP contribution < -0.4 is 10.6 Å². The maximum absolute atomic E-state index is 10.8. The lowest BCUT2D eigenvalue weighted by Crippen LogP contribution is -2.16. The Kier molecular flexibility index (Phi) is 29.7. The summed E-state index contributed by atoms with van der Waals surface area (Å²) in [5, 5.41) is 7.23. The zero-order valence-electron chi connectivity index (χ0n) is 24.3. The molecular weight excluding hydrogens is 467 g/mol. The third-order valence-corrected chi connectivity index (χ3v) is 8.12. The molecule has 0 saturated carbocycles. The molecule has 0 aliphatic heterocycles. The Labute approximate surface area is 225 Å². The first kappa shape index (κ1) is 36.1. The first-order chi connectivity index (χ1) is 17.6. The fourth-order valence-electron chi connectivity index (χ4n) is 4.82. The lowest BCUT2D eigenvalue weighted by atomic mass is 10.1. The molecule has 5 nitrogen and oxygen atoms in total. The van der Waals surface area contributed by atoms with Crippen LogP contribution in [0.3, 0.4) is 0 Å². The molecule has 0 fully saturated rings. The molecule has 4 N–H and O–H groups in total. The van der Waals surface area contributed by atoms with Gasteiger partial charge < -0.3 is 20.4 Å². The summed E-state index contributed by atoms with van der Waals surface area (Å²) in [5.41, 5.74) is 0. The molecule has 0 aromatic carbocycles. The maximum atomic E-state index is 10.8. The van der Waals surface area contributed by atoms with Crippen LogP contribution in [0.2, 0.25) is 0 Å². The van der Waals surface area contributed by atoms with Gasteiger partial charge >= 0.3 is 7.60 Å². The Morgan fingerprint density at radius 2 is 0.667 bits per heavy atom. The molecule has 0 aromatic heterocycles. The Morgan fingerprint density at radius 3 is 0.944 bits per heavy atom. The quantitative estimate of drug-likeness (QED) is 0.0530. The second-order valence-corrected chi connectivity index (χ2v) is 12.8. The van der Waals surface area contributed by atoms with Crippen LogP contribution >= 0.6 is 7.60 Å². The van der Waals surface area contributed by atoms with Crippen molar-refractivity contribution < 1.29 is 14.4 Å². The molecule has 0 rings (SSSR count). The third kappa shape index (κ3) is 34.1. The van der Waals surface area contributed by atoms with Crippen LogP contribution in [0.4, 0.5) is 0 Å². The van der Waals surface area contributed by atoms with Crippen LogP contribution in [0.1, 0.15) is 161 Å². The highest BCUT2D eigenvalue weighted by molar-refractivity contribution is 7.51. The highest BCUT2D eigenvalue weighted by Gasteiger charge is 2.10. The fourth-order valence-corrected chi connectivity index (χ4v) is 5.46. The summed E-state index contributed by atoms with van der Waals surface area (Å²) in [5.74, 6) is 0. The minimum Gasteiger partial charge on any atom is -0.324 e. The highest BCUT2D eigenvalue weighted by atomic mass is 31.2. The SMILES string of the molecule is CCCCCCCCCCNCCCCCCCCCNCCCCCCCCCCCP(=O)(O)O. The van der Waals surface area contributed by atoms with Gasteiger partial charge in [0.2, 0.25) is 0 Å². The molecule has 218 valence electrons. The van der Waals surface area contributed by atoms with Crippen molar-refractivity contribution in [2.24, 2.45) is 0 Å². The molecule has 0 amide bonds. The van der Waals surface area contributed by atoms with Crippen molar-refractivity contribution in [1.82, 2.24) is 10.6 Å². The van der Waals surface area contributed by atoms with Crippen molar-refractivity contribution in [3.05, 3.63) is 0 Å². The largest absolute Gasteiger partial charge is 0.325 e. The van der Waals surface area contributed by atoms with Gasteiger partial charge in [0, 0.05) is 6.16 Å². The summed E-state index contributed by atoms with van der Waals surface area (Å²) in [6.45, 7) is 7.05. The van der Waals surface area contributed by atoms with Gasteiger partial charge in [0.1, 0.15) is 0 Å². The van der Waals surface area contributed by atoms with Crippen molar-refractivity contribution in [3.8, 4) is 0 Å². The molecule has 0 spiro atoms. The van der Waals surface area contributed by atoms with E-state index in [9.17, 15) is 4.57 Å². The van der Waals surface area contributed by atoms with Crippen LogP contribution in [-0.4, -0.2) is 42.1 Å². The van der Waals surface area contributed by atoms with Crippen molar-refractivity contribution in [2.75, 3.05) is 32.3 Å². The van der Waals surface area contributed by atoms with Gasteiger partial charge in [-0.1, -0.05) is 129 Å². The molecule has 0 radical (unpaired) electrons. The van der Waals surface area contributed by atoms with Crippen molar-refractivity contribution >= 4 is 7.60 Å². The van der Waals surface area contributed by atoms with Gasteiger partial charge in [-0.15, -0.1) is 0 Å². The summed E-state index contributed by atoms with van der Waals surface area (Å²) < 4.78 is 10.8. The minimum absolute atomic E-state index is 0.0530. The number of nitrogens with one attached hydrogen (secondary N) is 2. The zero-order valence-corrected chi connectivity index (χ0v) is 25.2. The smallest absolute Gasteiger partial charge is 0.324 e. The number of rotatable bonds is 31. The van der Waals surface area contributed by atoms with E-state index in [1.807, 2.05) is 0 Å². The number of unbranched alkanes of at least 4 members (excludes halogenated alkanes) is 21. The fraction of sp³-hybridized carbons (Fsp3) is 1.00. The molecular formula is C30H65N2O3P. The normalized spacial score (nSPS) is 12.0. The predicted molar refractivity (Wildman–Crippen MR) is 159 cm³/mol. The Hall–Kier alpha value is 0.0700. The highest BCUT2D eigenvalue weighted by Crippen LogP contribution is 2.35. The summed E-state index contributed by atoms with van der Waals surface area (Å²) in [6, 6.07) is 0. The van der Waals surface area contributed by atoms with E-state index in [-0.39, 0.29) is 6.16 Å². The van der Waals surface area contributed by atoms with Gasteiger partial charge in [0.15, 0.2) is 0 Å². The molecule has 0 aromatic rings. The average Bonchev–Trinajstić information content (AvgIpc) is 2.84. The van der Waals surface area contributed by atoms with Gasteiger partial charge in [-0.05, 0) is 58.3 Å². The molecule has 36 heavy (non-hydrogen) atoms. The molecule has 0 heterocycles. The van der Waals surface area contributed by atoms with E-state index in [1.165, 1.54) is 154 Å². The van der Waals surface area contributed by atoms with Crippen molar-refractivity contribution in [2.45, 2.75) is 161 Å². The van der Waals surface area contributed by atoms with Gasteiger partial charge in [-0.3, -0.25) is 4.57 Å². The van der Waals surface area contributed by atoms with E-state index in [0.717, 1.165) is 19.4 Å². The first-order valence-corrected chi connectivity index (χ1v) is 17.8. The Morgan fingerprint density at radius 1 is 0.417 bits per heavy atom. The lowest BCUT2D eigenvalue weighted by molar-refractivity contribution is 0.370. The van der Waals surface area contributed by atoms with Gasteiger partial charge in [-0.2, -0.15) is 0 Å². The van der Waals surface area contributed by atoms with Gasteiger partial charge in [0.05, 0.1) is 0 Å². The molecule has 0 saturated heterocycles. The number of hydrogen-bond acceptors (Lipinski definition) is 3. The monoisotopic (exact) mass is 532 g/mol. The van der Waals surface area contributed by atoms with Crippen LogP contribution in [0, 0.1) is 0 Å². The van der Waals surface area contributed by atoms with E-state index in [2.05, 4.69) is 17.6 Å². The first-order valence-electron chi connectivity index (χ1n) is 16.0. The average molecular weight is 533 g/mol. The van der Waals surface area contributed by atoms with Crippen LogP contribution in [-0.2, 0) is 4.57 Å². The van der Waals surface area contributed by atoms with E-state index >= 15 is 0 Å². The molecule has 0 aliphatic rings. The van der Waals surface area contributed by atoms with E-state index in [1.54, 1.807) is 0 Å². The summed E-state index contributed by atoms with van der Waals surface area (Å²) in [7, 11) is -3.78. The third-order valence-electron chi connectivity index (χ3n) is 7.22. The molecule has 0 unspecified atom stereocenters. The second-order valence-electron chi connectivity index (χ2n) is 11.0. The number of hydrogen-bond donors (Lipinski definition) is 4. The second kappa shape index (κ2) is 29.6. The summed E-state index contributed by atoms with van der Waals surface area (Å²) >= 11 is 0. The molecule has 0 atom stereocenters. The summed E-state index contributed by atoms with van der Waals surface area (Å²) in [6.07, 6.45) is 31.4. The maximum Gasteiger partial charge on any atom is 0.325 e. The van der Waals surface area contributed by atoms with E-state index in [0.29, 0.717) is 6.42 Å². The molecule has 0 aliphatic carbocycles. The van der Waals surface area contributed by atoms with Crippen molar-refractivity contribution in [3.63, 3.8) is 0 Å². The minimum atomic E-state index is -3.78. The topological polar surface area (TPSA) is 81.6 Å². The van der Waals surface area contributed by atoms with E-state index < -0.39 is 7.60 Å². The van der Waals surface area contributed by atoms with Crippen LogP contribution in [0.15, 0.2) is 0 Å². The standard InChI is InChI=1S/C30H65N2O3P/c1-2-3-4-5-6-11-16-21-26-31-28-23-18-13-10-14-19-24-29-32-27-22-17-12-8-7-9-15-20-25-30-36(33,34)35/h31-32H,2-30H2,1H3,(H2,33,34,35). The van der Waals surface area contributed by atoms with E-state index in [4.69, 9.17) is 9.79 Å². The van der Waals surface area contributed by atoms with Gasteiger partial charge in [-0.25, -0.2) is 0 Å². The van der Waals surface area contributed by atoms with Crippen molar-refractivity contribution in [1.29, 1.82) is 0 Å². The summed E-state index contributed by atoms with van der Waals surface area (Å²) in [4.78, 5) is 17.7. The van der Waals surface area contributed by atoms with Gasteiger partial charge in [0.25, 0.3) is 0 Å². The van der Waals surface area contributed by atoms with Crippen LogP contribution in [0.25, 0.3) is 0 Å². The molecule has 6 heteroatoms. The molecule has 0 bridgehead atoms. The Balaban J connectivity index is 3.04. The predicted octanol–water partition coefficient (Wildman–Crippen LogP) is 8.73. The van der Waals surface area contributed by atoms with Crippen LogP contribution in [0.5, 0.6) is 0 Å².